The third kappa shape index (κ3) is 8.63. The molecular weight excluding hydrogens is 704 g/mol. The molecule has 0 saturated carbocycles. The summed E-state index contributed by atoms with van der Waals surface area (Å²) in [6.07, 6.45) is 13.3. The number of fused-ring (bicyclic) bond motifs is 2. The summed E-state index contributed by atoms with van der Waals surface area (Å²) >= 11 is 0. The number of unbranched alkanes of at least 4 members (excludes halogenated alkanes) is 6. The van der Waals surface area contributed by atoms with E-state index in [1.54, 1.807) is 45.8 Å². The molecule has 55 heavy (non-hydrogen) atoms. The number of ether oxygens (including phenoxy) is 2. The summed E-state index contributed by atoms with van der Waals surface area (Å²) in [6.45, 7) is 0.642. The van der Waals surface area contributed by atoms with Crippen molar-refractivity contribution < 1.29 is 33.4 Å². The van der Waals surface area contributed by atoms with Crippen molar-refractivity contribution in [2.24, 2.45) is 7.05 Å². The molecule has 1 atom stereocenters. The zero-order valence-corrected chi connectivity index (χ0v) is 31.6. The van der Waals surface area contributed by atoms with E-state index in [0.29, 0.717) is 59.3 Å². The van der Waals surface area contributed by atoms with Gasteiger partial charge in [-0.05, 0) is 73.9 Å². The van der Waals surface area contributed by atoms with Crippen LogP contribution < -0.4 is 25.7 Å². The van der Waals surface area contributed by atoms with Crippen molar-refractivity contribution in [1.29, 1.82) is 0 Å². The third-order valence-corrected chi connectivity index (χ3v) is 10.5. The molecule has 1 saturated heterocycles. The van der Waals surface area contributed by atoms with Gasteiger partial charge in [0, 0.05) is 49.1 Å². The van der Waals surface area contributed by atoms with E-state index in [1.807, 2.05) is 18.2 Å². The number of carbonyl (C=O) groups excluding carboxylic acids is 5. The number of hydrogen-bond donors (Lipinski definition) is 3. The van der Waals surface area contributed by atoms with Crippen LogP contribution in [0.5, 0.6) is 11.5 Å². The van der Waals surface area contributed by atoms with Crippen LogP contribution in [0.3, 0.4) is 0 Å². The van der Waals surface area contributed by atoms with Crippen molar-refractivity contribution >= 4 is 40.4 Å². The van der Waals surface area contributed by atoms with Crippen molar-refractivity contribution in [1.82, 2.24) is 30.3 Å². The molecule has 4 aromatic rings. The number of imide groups is 2. The average molecular weight is 753 g/mol. The number of rotatable bonds is 18. The van der Waals surface area contributed by atoms with Crippen LogP contribution >= 0.6 is 0 Å². The number of piperidine rings is 1. The first-order chi connectivity index (χ1) is 26.6. The van der Waals surface area contributed by atoms with Gasteiger partial charge in [0.2, 0.25) is 17.7 Å². The van der Waals surface area contributed by atoms with Gasteiger partial charge in [0.25, 0.3) is 17.4 Å². The molecular formula is C41H48N6O8. The maximum atomic E-state index is 13.1. The molecule has 1 unspecified atom stereocenters. The summed E-state index contributed by atoms with van der Waals surface area (Å²) in [7, 11) is 4.91. The predicted octanol–water partition coefficient (Wildman–Crippen LogP) is 4.76. The number of H-pyrrole nitrogens is 1. The van der Waals surface area contributed by atoms with Crippen LogP contribution in [-0.2, 0) is 34.3 Å². The number of methoxy groups -OCH3 is 2. The summed E-state index contributed by atoms with van der Waals surface area (Å²) in [5.41, 5.74) is 4.40. The molecule has 0 spiro atoms. The minimum Gasteiger partial charge on any atom is -0.496 e. The fraction of sp³-hybridized carbons (Fsp3) is 0.439. The first kappa shape index (κ1) is 38.9. The molecule has 3 N–H and O–H groups in total. The highest BCUT2D eigenvalue weighted by Crippen LogP contribution is 2.38. The normalized spacial score (nSPS) is 15.4. The highest BCUT2D eigenvalue weighted by Gasteiger charge is 2.44. The van der Waals surface area contributed by atoms with E-state index in [9.17, 15) is 28.8 Å². The molecule has 2 aromatic heterocycles. The Hall–Kier alpha value is -5.79. The smallest absolute Gasteiger partial charge is 0.276 e. The van der Waals surface area contributed by atoms with E-state index in [2.05, 4.69) is 20.8 Å². The number of pyridine rings is 1. The van der Waals surface area contributed by atoms with Crippen LogP contribution in [0.25, 0.3) is 22.0 Å². The SMILES string of the molecule is COc1cc(-c2cn(C)c(=O)c3[nH]ncc23)cc(OC)c1CCCC(=O)NCCCCCCCCCc1ccc2c(c1)C(=O)N(C1CCC(=O)NC1=O)C2=O. The molecule has 0 radical (unpaired) electrons. The molecule has 14 heteroatoms. The fourth-order valence-corrected chi connectivity index (χ4v) is 7.52. The predicted molar refractivity (Wildman–Crippen MR) is 205 cm³/mol. The second-order valence-electron chi connectivity index (χ2n) is 14.2. The third-order valence-electron chi connectivity index (χ3n) is 10.5. The van der Waals surface area contributed by atoms with Gasteiger partial charge in [-0.2, -0.15) is 5.10 Å². The minimum atomic E-state index is -0.960. The van der Waals surface area contributed by atoms with Crippen LogP contribution in [0, 0.1) is 0 Å². The largest absolute Gasteiger partial charge is 0.496 e. The number of aryl methyl sites for hydroxylation is 2. The lowest BCUT2D eigenvalue weighted by Gasteiger charge is -2.27. The molecule has 0 aliphatic carbocycles. The Balaban J connectivity index is 0.859. The van der Waals surface area contributed by atoms with Gasteiger partial charge in [-0.3, -0.25) is 44.1 Å². The van der Waals surface area contributed by atoms with Crippen LogP contribution in [0.1, 0.15) is 102 Å². The number of amides is 5. The summed E-state index contributed by atoms with van der Waals surface area (Å²) in [4.78, 5) is 75.9. The summed E-state index contributed by atoms with van der Waals surface area (Å²) in [5.74, 6) is -0.650. The number of benzene rings is 2. The van der Waals surface area contributed by atoms with Gasteiger partial charge >= 0.3 is 0 Å². The lowest BCUT2D eigenvalue weighted by atomic mass is 9.98. The molecule has 14 nitrogen and oxygen atoms in total. The Morgan fingerprint density at radius 2 is 1.55 bits per heavy atom. The van der Waals surface area contributed by atoms with Gasteiger partial charge in [0.15, 0.2) is 0 Å². The molecule has 2 aliphatic heterocycles. The summed E-state index contributed by atoms with van der Waals surface area (Å²) in [5, 5.41) is 12.8. The Kier molecular flexibility index (Phi) is 12.4. The standard InChI is InChI=1S/C41H48N6O8/c1-46-24-31(30-23-43-45-37(30)41(46)53)26-21-33(54-2)28(34(22-26)55-3)13-11-14-35(48)42-19-10-8-6-4-5-7-9-12-25-15-16-27-29(20-25)40(52)47(39(27)51)32-17-18-36(49)44-38(32)50/h15-16,20-24,32H,4-14,17-19H2,1-3H3,(H,42,48)(H,43,45)(H,44,49,50). The van der Waals surface area contributed by atoms with Crippen molar-refractivity contribution in [2.75, 3.05) is 20.8 Å². The lowest BCUT2D eigenvalue weighted by Crippen LogP contribution is -2.54. The Morgan fingerprint density at radius 3 is 2.25 bits per heavy atom. The monoisotopic (exact) mass is 752 g/mol. The number of carbonyl (C=O) groups is 5. The van der Waals surface area contributed by atoms with E-state index in [0.717, 1.165) is 78.5 Å². The van der Waals surface area contributed by atoms with Gasteiger partial charge in [0.05, 0.1) is 31.5 Å². The van der Waals surface area contributed by atoms with E-state index in [1.165, 1.54) is 4.57 Å². The molecule has 2 aliphatic rings. The van der Waals surface area contributed by atoms with Gasteiger partial charge in [-0.25, -0.2) is 0 Å². The molecule has 6 rings (SSSR count). The quantitative estimate of drug-likeness (QED) is 0.0954. The molecule has 5 amide bonds. The number of hydrogen-bond acceptors (Lipinski definition) is 9. The van der Waals surface area contributed by atoms with Crippen LogP contribution in [0.15, 0.2) is 47.5 Å². The highest BCUT2D eigenvalue weighted by molar-refractivity contribution is 6.23. The van der Waals surface area contributed by atoms with Crippen molar-refractivity contribution in [3.05, 3.63) is 75.3 Å². The van der Waals surface area contributed by atoms with E-state index in [-0.39, 0.29) is 24.3 Å². The van der Waals surface area contributed by atoms with Crippen LogP contribution in [-0.4, -0.2) is 76.0 Å². The van der Waals surface area contributed by atoms with Gasteiger partial charge in [-0.1, -0.05) is 38.2 Å². The fourth-order valence-electron chi connectivity index (χ4n) is 7.52. The lowest BCUT2D eigenvalue weighted by molar-refractivity contribution is -0.136. The first-order valence-corrected chi connectivity index (χ1v) is 19.0. The summed E-state index contributed by atoms with van der Waals surface area (Å²) in [6, 6.07) is 8.19. The molecule has 0 bridgehead atoms. The zero-order valence-electron chi connectivity index (χ0n) is 31.6. The topological polar surface area (TPSA) is 182 Å². The van der Waals surface area contributed by atoms with Crippen molar-refractivity contribution in [3.63, 3.8) is 0 Å². The average Bonchev–Trinajstić information content (AvgIpc) is 3.76. The number of aromatic nitrogens is 3. The Labute approximate surface area is 318 Å². The first-order valence-electron chi connectivity index (χ1n) is 19.0. The van der Waals surface area contributed by atoms with Crippen LogP contribution in [0.4, 0.5) is 0 Å². The van der Waals surface area contributed by atoms with Gasteiger partial charge in [-0.15, -0.1) is 0 Å². The van der Waals surface area contributed by atoms with Gasteiger partial charge in [0.1, 0.15) is 23.1 Å². The minimum absolute atomic E-state index is 0.0170. The molecule has 1 fully saturated rings. The van der Waals surface area contributed by atoms with Crippen molar-refractivity contribution in [3.8, 4) is 22.6 Å². The van der Waals surface area contributed by atoms with E-state index >= 15 is 0 Å². The Morgan fingerprint density at radius 1 is 0.855 bits per heavy atom. The number of aromatic amines is 1. The van der Waals surface area contributed by atoms with Crippen LogP contribution in [0.2, 0.25) is 0 Å². The molecule has 4 heterocycles. The number of nitrogens with zero attached hydrogens (tertiary/aromatic N) is 3. The second kappa shape index (κ2) is 17.6. The molecule has 290 valence electrons. The van der Waals surface area contributed by atoms with Crippen molar-refractivity contribution in [2.45, 2.75) is 89.5 Å². The summed E-state index contributed by atoms with van der Waals surface area (Å²) < 4.78 is 13.0. The highest BCUT2D eigenvalue weighted by atomic mass is 16.5. The zero-order chi connectivity index (χ0) is 39.1. The maximum Gasteiger partial charge on any atom is 0.276 e. The maximum absolute atomic E-state index is 13.1. The van der Waals surface area contributed by atoms with Gasteiger partial charge < -0.3 is 19.4 Å². The number of nitrogens with one attached hydrogen (secondary N) is 3. The second-order valence-corrected chi connectivity index (χ2v) is 14.2. The Bertz CT molecular complexity index is 2150. The van der Waals surface area contributed by atoms with E-state index < -0.39 is 29.7 Å². The van der Waals surface area contributed by atoms with E-state index in [4.69, 9.17) is 9.47 Å². The molecule has 2 aromatic carbocycles.